The van der Waals surface area contributed by atoms with Crippen LogP contribution in [0.15, 0.2) is 23.8 Å². The van der Waals surface area contributed by atoms with Gasteiger partial charge < -0.3 is 19.8 Å². The highest BCUT2D eigenvalue weighted by atomic mass is 19.1. The normalized spacial score (nSPS) is 41.8. The molecule has 12 heteroatoms. The van der Waals surface area contributed by atoms with Gasteiger partial charge in [0.2, 0.25) is 5.78 Å². The first kappa shape index (κ1) is 30.2. The maximum atomic E-state index is 17.4. The average Bonchev–Trinajstić information content (AvgIpc) is 3.10. The lowest BCUT2D eigenvalue weighted by Crippen LogP contribution is -2.71. The van der Waals surface area contributed by atoms with E-state index in [9.17, 15) is 34.7 Å². The van der Waals surface area contributed by atoms with Gasteiger partial charge in [-0.2, -0.15) is 0 Å². The molecule has 0 aliphatic heterocycles. The zero-order chi connectivity index (χ0) is 29.7. The van der Waals surface area contributed by atoms with Crippen molar-refractivity contribution in [3.05, 3.63) is 33.9 Å². The molecular formula is C28H37F2NO9. The molecule has 10 nitrogen and oxygen atoms in total. The zero-order valence-corrected chi connectivity index (χ0v) is 22.9. The van der Waals surface area contributed by atoms with E-state index in [1.165, 1.54) is 19.1 Å². The summed E-state index contributed by atoms with van der Waals surface area (Å²) in [7, 11) is 0. The summed E-state index contributed by atoms with van der Waals surface area (Å²) in [5.41, 5.74) is -7.14. The number of ether oxygens (including phenoxy) is 1. The molecule has 0 aromatic rings. The molecule has 2 N–H and O–H groups in total. The summed E-state index contributed by atoms with van der Waals surface area (Å²) in [5, 5.41) is 30.8. The molecule has 2 unspecified atom stereocenters. The van der Waals surface area contributed by atoms with E-state index in [1.807, 2.05) is 0 Å². The predicted octanol–water partition coefficient (Wildman–Crippen LogP) is 3.16. The quantitative estimate of drug-likeness (QED) is 0.175. The first-order valence-electron chi connectivity index (χ1n) is 13.8. The third-order valence-corrected chi connectivity index (χ3v) is 10.2. The maximum absolute atomic E-state index is 17.4. The van der Waals surface area contributed by atoms with Gasteiger partial charge in [-0.05, 0) is 62.7 Å². The van der Waals surface area contributed by atoms with Crippen LogP contribution in [-0.2, 0) is 24.0 Å². The molecule has 0 aromatic carbocycles. The Balaban J connectivity index is 1.64. The number of fused-ring (bicyclic) bond motifs is 5. The van der Waals surface area contributed by atoms with E-state index in [0.29, 0.717) is 19.3 Å². The van der Waals surface area contributed by atoms with Crippen LogP contribution in [0.1, 0.15) is 65.7 Å². The molecule has 0 spiro atoms. The lowest BCUT2D eigenvalue weighted by Gasteiger charge is -2.63. The van der Waals surface area contributed by atoms with E-state index in [1.54, 1.807) is 13.8 Å². The van der Waals surface area contributed by atoms with Gasteiger partial charge in [-0.25, -0.2) is 8.78 Å². The predicted molar refractivity (Wildman–Crippen MR) is 136 cm³/mol. The molecule has 40 heavy (non-hydrogen) atoms. The number of esters is 1. The molecular weight excluding hydrogens is 532 g/mol. The van der Waals surface area contributed by atoms with Crippen molar-refractivity contribution in [3.63, 3.8) is 0 Å². The van der Waals surface area contributed by atoms with Gasteiger partial charge in [0.05, 0.1) is 12.7 Å². The molecule has 4 rings (SSSR count). The van der Waals surface area contributed by atoms with Gasteiger partial charge in [-0.3, -0.25) is 14.4 Å². The first-order valence-corrected chi connectivity index (χ1v) is 13.8. The molecule has 0 heterocycles. The molecule has 4 aliphatic carbocycles. The number of ketones is 2. The van der Waals surface area contributed by atoms with E-state index < -0.39 is 81.4 Å². The van der Waals surface area contributed by atoms with Gasteiger partial charge in [-0.1, -0.05) is 26.3 Å². The fourth-order valence-corrected chi connectivity index (χ4v) is 8.43. The lowest BCUT2D eigenvalue weighted by molar-refractivity contribution is -0.757. The SMILES string of the molecule is C[C@@H]1CC2C3C[C@H](F)C4=CC(=O)C=C[C@]4(C)[C@@]3(F)[C@@H](O)C[C@]2(C)[C@@]1(OC(=O)CCCCCO[N+](=O)[O-])C(=O)CO. The summed E-state index contributed by atoms with van der Waals surface area (Å²) in [6.45, 7) is 3.73. The highest BCUT2D eigenvalue weighted by Crippen LogP contribution is 2.71. The minimum Gasteiger partial charge on any atom is -0.450 e. The molecule has 0 radical (unpaired) electrons. The number of carbonyl (C=O) groups excluding carboxylic acids is 3. The van der Waals surface area contributed by atoms with Crippen LogP contribution in [0, 0.1) is 38.7 Å². The highest BCUT2D eigenvalue weighted by molar-refractivity contribution is 6.01. The number of rotatable bonds is 10. The van der Waals surface area contributed by atoms with Crippen molar-refractivity contribution in [3.8, 4) is 0 Å². The van der Waals surface area contributed by atoms with Crippen molar-refractivity contribution < 1.29 is 48.0 Å². The Morgan fingerprint density at radius 1 is 1.20 bits per heavy atom. The first-order chi connectivity index (χ1) is 18.7. The highest BCUT2D eigenvalue weighted by Gasteiger charge is 2.78. The van der Waals surface area contributed by atoms with Crippen molar-refractivity contribution in [2.24, 2.45) is 28.6 Å². The number of unbranched alkanes of at least 4 members (excludes halogenated alkanes) is 2. The van der Waals surface area contributed by atoms with Gasteiger partial charge >= 0.3 is 5.97 Å². The second kappa shape index (κ2) is 10.6. The van der Waals surface area contributed by atoms with Gasteiger partial charge in [0, 0.05) is 29.1 Å². The smallest absolute Gasteiger partial charge is 0.306 e. The third-order valence-electron chi connectivity index (χ3n) is 10.2. The van der Waals surface area contributed by atoms with Crippen LogP contribution in [0.2, 0.25) is 0 Å². The number of allylic oxidation sites excluding steroid dienone is 4. The molecule has 0 saturated heterocycles. The molecule has 3 fully saturated rings. The Hall–Kier alpha value is -2.73. The zero-order valence-electron chi connectivity index (χ0n) is 22.9. The van der Waals surface area contributed by atoms with Gasteiger partial charge in [0.25, 0.3) is 5.09 Å². The van der Waals surface area contributed by atoms with E-state index >= 15 is 8.78 Å². The van der Waals surface area contributed by atoms with Crippen molar-refractivity contribution in [2.75, 3.05) is 13.2 Å². The number of aliphatic hydroxyl groups excluding tert-OH is 2. The van der Waals surface area contributed by atoms with Crippen LogP contribution >= 0.6 is 0 Å². The number of hydrogen-bond acceptors (Lipinski definition) is 9. The van der Waals surface area contributed by atoms with Crippen LogP contribution in [0.4, 0.5) is 8.78 Å². The van der Waals surface area contributed by atoms with E-state index in [4.69, 9.17) is 4.74 Å². The van der Waals surface area contributed by atoms with Crippen LogP contribution in [-0.4, -0.2) is 69.6 Å². The molecule has 0 aromatic heterocycles. The number of aliphatic hydroxyl groups is 2. The summed E-state index contributed by atoms with van der Waals surface area (Å²) < 4.78 is 38.9. The molecule has 3 saturated carbocycles. The summed E-state index contributed by atoms with van der Waals surface area (Å²) in [6.07, 6.45) is 0.828. The van der Waals surface area contributed by atoms with Crippen LogP contribution in [0.5, 0.6) is 0 Å². The van der Waals surface area contributed by atoms with Crippen LogP contribution in [0.3, 0.4) is 0 Å². The van der Waals surface area contributed by atoms with E-state index in [2.05, 4.69) is 4.84 Å². The number of nitrogens with zero attached hydrogens (tertiary/aromatic N) is 1. The number of hydrogen-bond donors (Lipinski definition) is 2. The van der Waals surface area contributed by atoms with Crippen LogP contribution in [0.25, 0.3) is 0 Å². The number of alkyl halides is 2. The summed E-state index contributed by atoms with van der Waals surface area (Å²) >= 11 is 0. The summed E-state index contributed by atoms with van der Waals surface area (Å²) in [5.74, 6) is -4.35. The Kier molecular flexibility index (Phi) is 8.01. The molecule has 0 bridgehead atoms. The van der Waals surface area contributed by atoms with Crippen molar-refractivity contribution in [1.29, 1.82) is 0 Å². The van der Waals surface area contributed by atoms with Crippen molar-refractivity contribution in [1.82, 2.24) is 0 Å². The fourth-order valence-electron chi connectivity index (χ4n) is 8.43. The molecule has 4 aliphatic rings. The average molecular weight is 570 g/mol. The van der Waals surface area contributed by atoms with Crippen molar-refractivity contribution >= 4 is 17.5 Å². The van der Waals surface area contributed by atoms with E-state index in [-0.39, 0.29) is 37.9 Å². The number of carbonyl (C=O) groups is 3. The molecule has 9 atom stereocenters. The largest absolute Gasteiger partial charge is 0.450 e. The standard InChI is InChI=1S/C28H37F2NO9/c1-16-11-18-19-13-21(29)20-12-17(33)8-9-25(20,2)27(19,30)22(34)14-26(18,3)28(16,23(35)15-32)40-24(36)7-5-4-6-10-39-31(37)38/h8-9,12,16,18-19,21-22,32,34H,4-7,10-11,13-15H2,1-3H3/t16-,18?,19?,21+,22+,25+,26+,27+,28+/m1/s1. The second-order valence-electron chi connectivity index (χ2n) is 12.2. The van der Waals surface area contributed by atoms with Gasteiger partial charge in [0.15, 0.2) is 17.1 Å². The Labute approximate surface area is 230 Å². The minimum atomic E-state index is -2.35. The number of Topliss-reactive ketones (excluding diaryl/α,β-unsaturated/α-hetero) is 1. The number of halogens is 2. The summed E-state index contributed by atoms with van der Waals surface area (Å²) in [6, 6.07) is 0. The van der Waals surface area contributed by atoms with Crippen LogP contribution < -0.4 is 0 Å². The topological polar surface area (TPSA) is 153 Å². The second-order valence-corrected chi connectivity index (χ2v) is 12.2. The molecule has 0 amide bonds. The van der Waals surface area contributed by atoms with Crippen molar-refractivity contribution in [2.45, 2.75) is 89.3 Å². The van der Waals surface area contributed by atoms with Gasteiger partial charge in [0.1, 0.15) is 12.8 Å². The molecule has 222 valence electrons. The Morgan fingerprint density at radius 3 is 2.55 bits per heavy atom. The Bertz CT molecular complexity index is 1140. The fraction of sp³-hybridized carbons (Fsp3) is 0.750. The maximum Gasteiger partial charge on any atom is 0.306 e. The van der Waals surface area contributed by atoms with Gasteiger partial charge in [-0.15, -0.1) is 10.1 Å². The third kappa shape index (κ3) is 4.29. The minimum absolute atomic E-state index is 0.0137. The Morgan fingerprint density at radius 2 is 1.90 bits per heavy atom. The monoisotopic (exact) mass is 569 g/mol. The van der Waals surface area contributed by atoms with E-state index in [0.717, 1.165) is 6.08 Å². The summed E-state index contributed by atoms with van der Waals surface area (Å²) in [4.78, 5) is 53.0. The lowest BCUT2D eigenvalue weighted by atomic mass is 9.44.